The lowest BCUT2D eigenvalue weighted by Gasteiger charge is -2.13. The summed E-state index contributed by atoms with van der Waals surface area (Å²) in [5, 5.41) is 11.3. The molecule has 7 nitrogen and oxygen atoms in total. The lowest BCUT2D eigenvalue weighted by molar-refractivity contribution is -0.387. The van der Waals surface area contributed by atoms with E-state index in [-0.39, 0.29) is 23.7 Å². The van der Waals surface area contributed by atoms with Gasteiger partial charge in [-0.15, -0.1) is 0 Å². The van der Waals surface area contributed by atoms with Crippen molar-refractivity contribution < 1.29 is 19.2 Å². The van der Waals surface area contributed by atoms with Crippen LogP contribution in [-0.4, -0.2) is 34.1 Å². The van der Waals surface area contributed by atoms with Crippen LogP contribution in [0.25, 0.3) is 6.08 Å². The van der Waals surface area contributed by atoms with Crippen LogP contribution >= 0.6 is 23.5 Å². The molecule has 0 unspecified atom stereocenters. The number of hydrogen-bond donors (Lipinski definition) is 0. The number of aryl methyl sites for hydroxylation is 1. The molecule has 1 aliphatic rings. The molecule has 0 atom stereocenters. The molecule has 1 heterocycles. The van der Waals surface area contributed by atoms with E-state index in [2.05, 4.69) is 0 Å². The van der Waals surface area contributed by atoms with E-state index < -0.39 is 16.1 Å². The van der Waals surface area contributed by atoms with Gasteiger partial charge in [0.1, 0.15) is 12.4 Å². The number of amides is 2. The first-order chi connectivity index (χ1) is 16.4. The Hall–Kier alpha value is -3.56. The Kier molecular flexibility index (Phi) is 7.34. The second-order valence-electron chi connectivity index (χ2n) is 7.39. The Labute approximate surface area is 205 Å². The van der Waals surface area contributed by atoms with Gasteiger partial charge in [0.2, 0.25) is 0 Å². The highest BCUT2D eigenvalue weighted by Gasteiger charge is 2.35. The monoisotopic (exact) mass is 492 g/mol. The minimum absolute atomic E-state index is 0.0604. The van der Waals surface area contributed by atoms with Crippen LogP contribution in [-0.2, 0) is 4.79 Å². The summed E-state index contributed by atoms with van der Waals surface area (Å²) in [4.78, 5) is 39.0. The van der Waals surface area contributed by atoms with E-state index in [1.807, 2.05) is 49.4 Å². The third-order valence-corrected chi connectivity index (χ3v) is 6.91. The fourth-order valence-electron chi connectivity index (χ4n) is 3.20. The molecule has 1 aliphatic heterocycles. The molecule has 0 N–H and O–H groups in total. The predicted molar refractivity (Wildman–Crippen MR) is 133 cm³/mol. The standard InChI is InChI=1S/C25H20N2O5S2/c1-17-7-10-20(11-8-17)33-22-12-9-18(15-21(22)27(30)31)16-23-24(28)26(25(29)34-23)13-14-32-19-5-3-2-4-6-19/h2-12,15-16H,13-14H2,1H3/b23-16-. The zero-order chi connectivity index (χ0) is 24.1. The van der Waals surface area contributed by atoms with Crippen LogP contribution < -0.4 is 4.74 Å². The van der Waals surface area contributed by atoms with Gasteiger partial charge in [0.15, 0.2) is 0 Å². The average Bonchev–Trinajstić information content (AvgIpc) is 3.09. The van der Waals surface area contributed by atoms with Crippen LogP contribution in [0.1, 0.15) is 11.1 Å². The number of imide groups is 1. The summed E-state index contributed by atoms with van der Waals surface area (Å²) in [5.74, 6) is 0.216. The van der Waals surface area contributed by atoms with E-state index in [0.717, 1.165) is 27.1 Å². The summed E-state index contributed by atoms with van der Waals surface area (Å²) in [6.45, 7) is 2.26. The Bertz CT molecular complexity index is 1260. The molecular weight excluding hydrogens is 472 g/mol. The van der Waals surface area contributed by atoms with Gasteiger partial charge in [-0.25, -0.2) is 0 Å². The van der Waals surface area contributed by atoms with E-state index in [0.29, 0.717) is 16.2 Å². The first-order valence-corrected chi connectivity index (χ1v) is 12.0. The molecule has 0 spiro atoms. The summed E-state index contributed by atoms with van der Waals surface area (Å²) in [7, 11) is 0. The number of nitrogens with zero attached hydrogens (tertiary/aromatic N) is 2. The number of benzene rings is 3. The molecule has 1 saturated heterocycles. The van der Waals surface area contributed by atoms with E-state index in [1.54, 1.807) is 24.3 Å². The van der Waals surface area contributed by atoms with Gasteiger partial charge in [0, 0.05) is 11.0 Å². The molecule has 1 fully saturated rings. The highest BCUT2D eigenvalue weighted by molar-refractivity contribution is 8.18. The molecule has 0 radical (unpaired) electrons. The van der Waals surface area contributed by atoms with Gasteiger partial charge in [0.05, 0.1) is 21.3 Å². The van der Waals surface area contributed by atoms with E-state index in [4.69, 9.17) is 4.74 Å². The third kappa shape index (κ3) is 5.67. The SMILES string of the molecule is Cc1ccc(Sc2ccc(/C=C3\SC(=O)N(CCOc4ccccc4)C3=O)cc2[N+](=O)[O-])cc1. The number of para-hydroxylation sites is 1. The Morgan fingerprint density at radius 3 is 2.50 bits per heavy atom. The lowest BCUT2D eigenvalue weighted by atomic mass is 10.2. The molecule has 2 amide bonds. The molecular formula is C25H20N2O5S2. The molecule has 34 heavy (non-hydrogen) atoms. The molecule has 0 aliphatic carbocycles. The van der Waals surface area contributed by atoms with Crippen molar-refractivity contribution >= 4 is 46.4 Å². The molecule has 3 aromatic carbocycles. The van der Waals surface area contributed by atoms with Crippen molar-refractivity contribution in [2.45, 2.75) is 16.7 Å². The maximum absolute atomic E-state index is 12.7. The predicted octanol–water partition coefficient (Wildman–Crippen LogP) is 6.17. The number of thioether (sulfide) groups is 1. The molecule has 0 saturated carbocycles. The fraction of sp³-hybridized carbons (Fsp3) is 0.120. The largest absolute Gasteiger partial charge is 0.492 e. The lowest BCUT2D eigenvalue weighted by Crippen LogP contribution is -2.32. The average molecular weight is 493 g/mol. The van der Waals surface area contributed by atoms with Crippen LogP contribution in [0.4, 0.5) is 10.5 Å². The molecule has 0 bridgehead atoms. The van der Waals surface area contributed by atoms with Gasteiger partial charge in [-0.3, -0.25) is 24.6 Å². The van der Waals surface area contributed by atoms with Crippen molar-refractivity contribution in [3.8, 4) is 5.75 Å². The quantitative estimate of drug-likeness (QED) is 0.211. The number of hydrogen-bond acceptors (Lipinski definition) is 7. The molecule has 172 valence electrons. The van der Waals surface area contributed by atoms with Crippen molar-refractivity contribution in [1.29, 1.82) is 0 Å². The highest BCUT2D eigenvalue weighted by Crippen LogP contribution is 2.37. The van der Waals surface area contributed by atoms with Gasteiger partial charge in [0.25, 0.3) is 16.8 Å². The maximum Gasteiger partial charge on any atom is 0.293 e. The molecule has 0 aromatic heterocycles. The fourth-order valence-corrected chi connectivity index (χ4v) is 4.97. The molecule has 3 aromatic rings. The topological polar surface area (TPSA) is 89.8 Å². The third-order valence-electron chi connectivity index (χ3n) is 4.93. The van der Waals surface area contributed by atoms with Gasteiger partial charge in [-0.05, 0) is 60.7 Å². The first-order valence-electron chi connectivity index (χ1n) is 10.4. The number of ether oxygens (including phenoxy) is 1. The van der Waals surface area contributed by atoms with Gasteiger partial charge in [-0.1, -0.05) is 53.7 Å². The Morgan fingerprint density at radius 1 is 1.06 bits per heavy atom. The number of nitro benzene ring substituents is 1. The number of carbonyl (C=O) groups is 2. The van der Waals surface area contributed by atoms with Crippen LogP contribution in [0.5, 0.6) is 5.75 Å². The van der Waals surface area contributed by atoms with Crippen LogP contribution in [0.2, 0.25) is 0 Å². The number of rotatable bonds is 8. The maximum atomic E-state index is 12.7. The molecule has 9 heteroatoms. The van der Waals surface area contributed by atoms with Gasteiger partial charge in [-0.2, -0.15) is 0 Å². The van der Waals surface area contributed by atoms with Crippen molar-refractivity contribution in [3.63, 3.8) is 0 Å². The van der Waals surface area contributed by atoms with Crippen molar-refractivity contribution in [2.75, 3.05) is 13.2 Å². The van der Waals surface area contributed by atoms with E-state index in [1.165, 1.54) is 23.9 Å². The van der Waals surface area contributed by atoms with E-state index in [9.17, 15) is 19.7 Å². The van der Waals surface area contributed by atoms with E-state index >= 15 is 0 Å². The number of nitro groups is 1. The smallest absolute Gasteiger partial charge is 0.293 e. The first kappa shape index (κ1) is 23.6. The van der Waals surface area contributed by atoms with Crippen LogP contribution in [0, 0.1) is 17.0 Å². The Balaban J connectivity index is 1.47. The second-order valence-corrected chi connectivity index (χ2v) is 9.50. The summed E-state index contributed by atoms with van der Waals surface area (Å²) < 4.78 is 5.58. The molecule has 4 rings (SSSR count). The zero-order valence-electron chi connectivity index (χ0n) is 18.2. The van der Waals surface area contributed by atoms with Crippen molar-refractivity contribution in [3.05, 3.63) is 98.9 Å². The minimum atomic E-state index is -0.444. The second kappa shape index (κ2) is 10.6. The van der Waals surface area contributed by atoms with Crippen molar-refractivity contribution in [1.82, 2.24) is 4.90 Å². The zero-order valence-corrected chi connectivity index (χ0v) is 19.8. The summed E-state index contributed by atoms with van der Waals surface area (Å²) >= 11 is 2.11. The van der Waals surface area contributed by atoms with Crippen molar-refractivity contribution in [2.24, 2.45) is 0 Å². The van der Waals surface area contributed by atoms with Gasteiger partial charge < -0.3 is 4.74 Å². The highest BCUT2D eigenvalue weighted by atomic mass is 32.2. The minimum Gasteiger partial charge on any atom is -0.492 e. The summed E-state index contributed by atoms with van der Waals surface area (Å²) in [5.41, 5.74) is 1.52. The van der Waals surface area contributed by atoms with Crippen LogP contribution in [0.3, 0.4) is 0 Å². The Morgan fingerprint density at radius 2 is 1.79 bits per heavy atom. The summed E-state index contributed by atoms with van der Waals surface area (Å²) in [6, 6.07) is 21.6. The van der Waals surface area contributed by atoms with Crippen LogP contribution in [0.15, 0.2) is 87.5 Å². The normalized spacial score (nSPS) is 14.6. The van der Waals surface area contributed by atoms with Gasteiger partial charge >= 0.3 is 0 Å². The number of carbonyl (C=O) groups excluding carboxylic acids is 2. The summed E-state index contributed by atoms with van der Waals surface area (Å²) in [6.07, 6.45) is 1.51.